The summed E-state index contributed by atoms with van der Waals surface area (Å²) in [5.74, 6) is 3.68. The number of hydrogen-bond acceptors (Lipinski definition) is 7. The van der Waals surface area contributed by atoms with Crippen molar-refractivity contribution in [2.45, 2.75) is 33.1 Å². The highest BCUT2D eigenvalue weighted by atomic mass is 16.5. The van der Waals surface area contributed by atoms with E-state index in [4.69, 9.17) is 14.5 Å². The minimum Gasteiger partial charge on any atom is -0.493 e. The molecule has 0 spiro atoms. The minimum absolute atomic E-state index is 0.139. The molecule has 4 rings (SSSR count). The molecule has 1 fully saturated rings. The van der Waals surface area contributed by atoms with Crippen molar-refractivity contribution in [3.05, 3.63) is 22.0 Å². The van der Waals surface area contributed by atoms with Gasteiger partial charge in [-0.15, -0.1) is 0 Å². The number of methoxy groups -OCH3 is 2. The standard InChI is InChI=1S/C22H31N5O3/c1-14-19-17(13-18(29-3)20(14)30-4)24-22(25-21(19)28)27-10-6-16(7-11-27)5-9-26-12-8-23-15(26)2/h13,16H,5-12H2,1-4H3,(H,24,25,28). The zero-order chi connectivity index (χ0) is 21.3. The second kappa shape index (κ2) is 8.53. The van der Waals surface area contributed by atoms with Crippen molar-refractivity contribution in [1.29, 1.82) is 0 Å². The molecular weight excluding hydrogens is 382 g/mol. The van der Waals surface area contributed by atoms with Crippen LogP contribution in [0.3, 0.4) is 0 Å². The van der Waals surface area contributed by atoms with Crippen LogP contribution in [0.5, 0.6) is 11.5 Å². The molecule has 0 atom stereocenters. The van der Waals surface area contributed by atoms with Gasteiger partial charge in [0.25, 0.3) is 5.56 Å². The van der Waals surface area contributed by atoms with E-state index in [0.29, 0.717) is 34.3 Å². The first-order valence-electron chi connectivity index (χ1n) is 10.7. The number of amidine groups is 1. The van der Waals surface area contributed by atoms with Crippen LogP contribution in [0.2, 0.25) is 0 Å². The summed E-state index contributed by atoms with van der Waals surface area (Å²) in [6, 6.07) is 1.78. The summed E-state index contributed by atoms with van der Waals surface area (Å²) in [6.45, 7) is 8.84. The van der Waals surface area contributed by atoms with E-state index in [0.717, 1.165) is 51.1 Å². The number of benzene rings is 1. The maximum absolute atomic E-state index is 12.8. The number of aromatic amines is 1. The lowest BCUT2D eigenvalue weighted by Gasteiger charge is -2.33. The first-order chi connectivity index (χ1) is 14.5. The molecule has 8 heteroatoms. The highest BCUT2D eigenvalue weighted by Crippen LogP contribution is 2.35. The number of aryl methyl sites for hydroxylation is 1. The van der Waals surface area contributed by atoms with Crippen molar-refractivity contribution >= 4 is 22.7 Å². The third kappa shape index (κ3) is 3.82. The summed E-state index contributed by atoms with van der Waals surface area (Å²) in [4.78, 5) is 29.6. The first-order valence-corrected chi connectivity index (χ1v) is 10.7. The summed E-state index contributed by atoms with van der Waals surface area (Å²) in [5, 5.41) is 0.550. The van der Waals surface area contributed by atoms with Gasteiger partial charge in [-0.25, -0.2) is 4.98 Å². The third-order valence-corrected chi connectivity index (χ3v) is 6.46. The number of ether oxygens (including phenoxy) is 2. The van der Waals surface area contributed by atoms with Crippen molar-refractivity contribution < 1.29 is 9.47 Å². The fourth-order valence-corrected chi connectivity index (χ4v) is 4.63. The molecule has 0 aliphatic carbocycles. The molecule has 3 heterocycles. The maximum atomic E-state index is 12.8. The van der Waals surface area contributed by atoms with Gasteiger partial charge in [0.1, 0.15) is 0 Å². The summed E-state index contributed by atoms with van der Waals surface area (Å²) in [7, 11) is 3.17. The van der Waals surface area contributed by atoms with Crippen LogP contribution in [0.4, 0.5) is 5.95 Å². The smallest absolute Gasteiger partial charge is 0.260 e. The Morgan fingerprint density at radius 1 is 1.17 bits per heavy atom. The van der Waals surface area contributed by atoms with Gasteiger partial charge in [0.05, 0.1) is 37.5 Å². The molecule has 1 N–H and O–H groups in total. The fourth-order valence-electron chi connectivity index (χ4n) is 4.63. The lowest BCUT2D eigenvalue weighted by molar-refractivity contribution is 0.330. The van der Waals surface area contributed by atoms with Gasteiger partial charge in [0.2, 0.25) is 5.95 Å². The molecule has 1 aromatic carbocycles. The van der Waals surface area contributed by atoms with Crippen molar-refractivity contribution in [1.82, 2.24) is 14.9 Å². The Morgan fingerprint density at radius 2 is 1.93 bits per heavy atom. The summed E-state index contributed by atoms with van der Waals surface area (Å²) >= 11 is 0. The van der Waals surface area contributed by atoms with E-state index in [1.54, 1.807) is 20.3 Å². The number of aromatic nitrogens is 2. The van der Waals surface area contributed by atoms with Crippen LogP contribution in [-0.2, 0) is 0 Å². The van der Waals surface area contributed by atoms with Gasteiger partial charge in [0.15, 0.2) is 11.5 Å². The topological polar surface area (TPSA) is 83.0 Å². The number of nitrogens with zero attached hydrogens (tertiary/aromatic N) is 4. The van der Waals surface area contributed by atoms with E-state index in [1.807, 2.05) is 6.92 Å². The minimum atomic E-state index is -0.139. The quantitative estimate of drug-likeness (QED) is 0.784. The molecule has 0 saturated carbocycles. The number of H-pyrrole nitrogens is 1. The molecule has 0 bridgehead atoms. The second-order valence-corrected chi connectivity index (χ2v) is 8.16. The van der Waals surface area contributed by atoms with Crippen molar-refractivity contribution in [2.24, 2.45) is 10.9 Å². The molecule has 0 radical (unpaired) electrons. The summed E-state index contributed by atoms with van der Waals surface area (Å²) in [5.41, 5.74) is 1.24. The van der Waals surface area contributed by atoms with Gasteiger partial charge < -0.3 is 19.3 Å². The number of aliphatic imine (C=N–C) groups is 1. The Bertz CT molecular complexity index is 1010. The van der Waals surface area contributed by atoms with Crippen LogP contribution < -0.4 is 19.9 Å². The fraction of sp³-hybridized carbons (Fsp3) is 0.591. The van der Waals surface area contributed by atoms with E-state index in [2.05, 4.69) is 26.7 Å². The number of hydrogen-bond donors (Lipinski definition) is 1. The molecule has 162 valence electrons. The zero-order valence-electron chi connectivity index (χ0n) is 18.3. The highest BCUT2D eigenvalue weighted by molar-refractivity contribution is 5.86. The molecule has 0 unspecified atom stereocenters. The lowest BCUT2D eigenvalue weighted by atomic mass is 9.93. The molecule has 1 saturated heterocycles. The van der Waals surface area contributed by atoms with Gasteiger partial charge in [0, 0.05) is 37.8 Å². The van der Waals surface area contributed by atoms with Crippen LogP contribution in [0.15, 0.2) is 15.9 Å². The van der Waals surface area contributed by atoms with Crippen molar-refractivity contribution in [3.8, 4) is 11.5 Å². The lowest BCUT2D eigenvalue weighted by Crippen LogP contribution is -2.37. The predicted molar refractivity (Wildman–Crippen MR) is 119 cm³/mol. The number of anilines is 1. The molecule has 30 heavy (non-hydrogen) atoms. The van der Waals surface area contributed by atoms with Gasteiger partial charge in [-0.1, -0.05) is 0 Å². The number of piperidine rings is 1. The van der Waals surface area contributed by atoms with E-state index in [9.17, 15) is 4.79 Å². The van der Waals surface area contributed by atoms with E-state index in [1.165, 1.54) is 12.3 Å². The van der Waals surface area contributed by atoms with Gasteiger partial charge >= 0.3 is 0 Å². The van der Waals surface area contributed by atoms with Crippen LogP contribution in [-0.4, -0.2) is 67.6 Å². The predicted octanol–water partition coefficient (Wildman–Crippen LogP) is 2.59. The zero-order valence-corrected chi connectivity index (χ0v) is 18.3. The van der Waals surface area contributed by atoms with Crippen LogP contribution in [0.1, 0.15) is 31.7 Å². The van der Waals surface area contributed by atoms with Crippen molar-refractivity contribution in [3.63, 3.8) is 0 Å². The Balaban J connectivity index is 1.48. The maximum Gasteiger partial charge on any atom is 0.260 e. The molecular formula is C22H31N5O3. The molecule has 2 aliphatic heterocycles. The van der Waals surface area contributed by atoms with Crippen LogP contribution >= 0.6 is 0 Å². The first kappa shape index (κ1) is 20.5. The van der Waals surface area contributed by atoms with Crippen LogP contribution in [0, 0.1) is 12.8 Å². The number of fused-ring (bicyclic) bond motifs is 1. The number of rotatable bonds is 6. The Kier molecular flexibility index (Phi) is 5.83. The van der Waals surface area contributed by atoms with Crippen LogP contribution in [0.25, 0.3) is 10.9 Å². The second-order valence-electron chi connectivity index (χ2n) is 8.16. The Labute approximate surface area is 176 Å². The summed E-state index contributed by atoms with van der Waals surface area (Å²) in [6.07, 6.45) is 3.41. The SMILES string of the molecule is COc1cc2nc(N3CCC(CCN4CCN=C4C)CC3)[nH]c(=O)c2c(C)c1OC. The highest BCUT2D eigenvalue weighted by Gasteiger charge is 2.24. The normalized spacial score (nSPS) is 17.5. The Hall–Kier alpha value is -2.77. The number of nitrogens with one attached hydrogen (secondary N) is 1. The van der Waals surface area contributed by atoms with E-state index >= 15 is 0 Å². The average molecular weight is 414 g/mol. The van der Waals surface area contributed by atoms with Gasteiger partial charge in [-0.2, -0.15) is 0 Å². The third-order valence-electron chi connectivity index (χ3n) is 6.46. The molecule has 2 aromatic rings. The monoisotopic (exact) mass is 413 g/mol. The van der Waals surface area contributed by atoms with Gasteiger partial charge in [-0.05, 0) is 39.0 Å². The molecule has 2 aliphatic rings. The van der Waals surface area contributed by atoms with Gasteiger partial charge in [-0.3, -0.25) is 14.8 Å². The largest absolute Gasteiger partial charge is 0.493 e. The average Bonchev–Trinajstić information content (AvgIpc) is 3.16. The summed E-state index contributed by atoms with van der Waals surface area (Å²) < 4.78 is 10.9. The Morgan fingerprint density at radius 3 is 2.57 bits per heavy atom. The van der Waals surface area contributed by atoms with E-state index < -0.39 is 0 Å². The van der Waals surface area contributed by atoms with E-state index in [-0.39, 0.29) is 5.56 Å². The van der Waals surface area contributed by atoms with Crippen molar-refractivity contribution in [2.75, 3.05) is 51.8 Å². The molecule has 1 aromatic heterocycles. The molecule has 8 nitrogen and oxygen atoms in total. The molecule has 0 amide bonds.